The first kappa shape index (κ1) is 19.3. The highest BCUT2D eigenvalue weighted by molar-refractivity contribution is 7.17. The predicted molar refractivity (Wildman–Crippen MR) is 119 cm³/mol. The van der Waals surface area contributed by atoms with Gasteiger partial charge in [-0.05, 0) is 61.2 Å². The molecule has 2 fully saturated rings. The van der Waals surface area contributed by atoms with Crippen LogP contribution in [0.4, 0.5) is 5.82 Å². The monoisotopic (exact) mass is 422 g/mol. The summed E-state index contributed by atoms with van der Waals surface area (Å²) in [5.74, 6) is 1.42. The Labute approximate surface area is 180 Å². The first-order chi connectivity index (χ1) is 14.6. The molecule has 0 unspecified atom stereocenters. The molecular weight excluding hydrogens is 396 g/mol. The lowest BCUT2D eigenvalue weighted by atomic mass is 9.87. The molecule has 2 aliphatic heterocycles. The van der Waals surface area contributed by atoms with E-state index in [0.29, 0.717) is 6.42 Å². The number of likely N-dealkylation sites (tertiary alicyclic amines) is 1. The van der Waals surface area contributed by atoms with E-state index < -0.39 is 0 Å². The van der Waals surface area contributed by atoms with E-state index in [2.05, 4.69) is 26.3 Å². The normalized spacial score (nSPS) is 22.0. The maximum absolute atomic E-state index is 12.9. The van der Waals surface area contributed by atoms with Gasteiger partial charge in [0.2, 0.25) is 5.91 Å². The van der Waals surface area contributed by atoms with Gasteiger partial charge in [0, 0.05) is 25.2 Å². The van der Waals surface area contributed by atoms with E-state index >= 15 is 0 Å². The Hall–Kier alpha value is -2.67. The molecule has 2 aliphatic rings. The molecule has 156 valence electrons. The number of thiophene rings is 1. The Morgan fingerprint density at radius 3 is 2.83 bits per heavy atom. The number of nitrogens with zero attached hydrogens (tertiary/aromatic N) is 4. The van der Waals surface area contributed by atoms with Gasteiger partial charge < -0.3 is 14.9 Å². The minimum Gasteiger partial charge on any atom is -0.508 e. The standard InChI is InChI=1S/C23H26N4O2S/c28-18-5-1-4-17(14-18)15-20(29)26-10-2-7-23(9-12-26)8-3-11-27(23)22-21-19(6-13-30-21)24-16-25-22/h1,4-6,13-14,16,28H,2-3,7-12,15H2/t23-/m0/s1. The Morgan fingerprint density at radius 1 is 1.10 bits per heavy atom. The number of carbonyl (C=O) groups is 1. The molecule has 5 rings (SSSR count). The lowest BCUT2D eigenvalue weighted by Gasteiger charge is -2.39. The number of benzene rings is 1. The van der Waals surface area contributed by atoms with E-state index in [0.717, 1.165) is 68.6 Å². The molecule has 0 bridgehead atoms. The zero-order valence-corrected chi connectivity index (χ0v) is 17.8. The minimum absolute atomic E-state index is 0.0747. The molecule has 4 heterocycles. The second-order valence-electron chi connectivity index (χ2n) is 8.39. The molecule has 2 aromatic heterocycles. The van der Waals surface area contributed by atoms with Crippen molar-refractivity contribution in [3.05, 3.63) is 47.6 Å². The van der Waals surface area contributed by atoms with Crippen molar-refractivity contribution in [2.45, 2.75) is 44.1 Å². The number of rotatable bonds is 3. The number of carbonyl (C=O) groups excluding carboxylic acids is 1. The Morgan fingerprint density at radius 2 is 1.97 bits per heavy atom. The third kappa shape index (κ3) is 3.51. The summed E-state index contributed by atoms with van der Waals surface area (Å²) in [6, 6.07) is 9.06. The average molecular weight is 423 g/mol. The lowest BCUT2D eigenvalue weighted by molar-refractivity contribution is -0.130. The van der Waals surface area contributed by atoms with E-state index in [1.807, 2.05) is 11.0 Å². The van der Waals surface area contributed by atoms with E-state index in [1.165, 1.54) is 4.70 Å². The molecule has 2 saturated heterocycles. The molecular formula is C23H26N4O2S. The van der Waals surface area contributed by atoms with Crippen LogP contribution in [0.2, 0.25) is 0 Å². The summed E-state index contributed by atoms with van der Waals surface area (Å²) in [7, 11) is 0. The van der Waals surface area contributed by atoms with Gasteiger partial charge in [-0.3, -0.25) is 4.79 Å². The highest BCUT2D eigenvalue weighted by atomic mass is 32.1. The van der Waals surface area contributed by atoms with Crippen molar-refractivity contribution >= 4 is 33.3 Å². The van der Waals surface area contributed by atoms with Crippen LogP contribution in [-0.2, 0) is 11.2 Å². The fourth-order valence-corrected chi connectivity index (χ4v) is 5.98. The Bertz CT molecular complexity index is 1070. The van der Waals surface area contributed by atoms with Crippen LogP contribution in [-0.4, -0.2) is 51.1 Å². The van der Waals surface area contributed by atoms with Gasteiger partial charge in [0.1, 0.15) is 17.9 Å². The maximum atomic E-state index is 12.9. The average Bonchev–Trinajstić information content (AvgIpc) is 3.31. The van der Waals surface area contributed by atoms with Crippen molar-refractivity contribution in [1.29, 1.82) is 0 Å². The van der Waals surface area contributed by atoms with E-state index in [1.54, 1.807) is 35.9 Å². The van der Waals surface area contributed by atoms with Gasteiger partial charge in [-0.1, -0.05) is 12.1 Å². The van der Waals surface area contributed by atoms with Crippen LogP contribution in [0, 0.1) is 0 Å². The van der Waals surface area contributed by atoms with Gasteiger partial charge in [0.25, 0.3) is 0 Å². The van der Waals surface area contributed by atoms with Crippen LogP contribution in [0.25, 0.3) is 10.2 Å². The van der Waals surface area contributed by atoms with Crippen LogP contribution in [0.1, 0.15) is 37.7 Å². The van der Waals surface area contributed by atoms with Crippen molar-refractivity contribution in [2.24, 2.45) is 0 Å². The van der Waals surface area contributed by atoms with Gasteiger partial charge in [0.15, 0.2) is 0 Å². The molecule has 6 nitrogen and oxygen atoms in total. The highest BCUT2D eigenvalue weighted by Gasteiger charge is 2.43. The number of hydrogen-bond acceptors (Lipinski definition) is 6. The largest absolute Gasteiger partial charge is 0.508 e. The zero-order chi connectivity index (χ0) is 20.6. The molecule has 0 aliphatic carbocycles. The molecule has 0 radical (unpaired) electrons. The number of phenolic OH excluding ortho intramolecular Hbond substituents is 1. The molecule has 1 spiro atoms. The SMILES string of the molecule is O=C(Cc1cccc(O)c1)N1CCC[C@]2(CCCN2c2ncnc3ccsc23)CC1. The second-order valence-corrected chi connectivity index (χ2v) is 9.31. The van der Waals surface area contributed by atoms with Crippen molar-refractivity contribution in [3.63, 3.8) is 0 Å². The number of hydrogen-bond donors (Lipinski definition) is 1. The fourth-order valence-electron chi connectivity index (χ4n) is 5.14. The van der Waals surface area contributed by atoms with Crippen LogP contribution in [0.5, 0.6) is 5.75 Å². The van der Waals surface area contributed by atoms with Crippen molar-refractivity contribution in [1.82, 2.24) is 14.9 Å². The van der Waals surface area contributed by atoms with Crippen molar-refractivity contribution in [3.8, 4) is 5.75 Å². The molecule has 3 aromatic rings. The van der Waals surface area contributed by atoms with E-state index in [-0.39, 0.29) is 17.2 Å². The smallest absolute Gasteiger partial charge is 0.226 e. The summed E-state index contributed by atoms with van der Waals surface area (Å²) in [6.45, 7) is 2.58. The van der Waals surface area contributed by atoms with Crippen molar-refractivity contribution in [2.75, 3.05) is 24.5 Å². The third-order valence-electron chi connectivity index (χ3n) is 6.61. The topological polar surface area (TPSA) is 69.6 Å². The summed E-state index contributed by atoms with van der Waals surface area (Å²) in [5, 5.41) is 11.8. The molecule has 1 aromatic carbocycles. The molecule has 30 heavy (non-hydrogen) atoms. The Balaban J connectivity index is 1.34. The summed E-state index contributed by atoms with van der Waals surface area (Å²) in [4.78, 5) is 26.5. The molecule has 1 N–H and O–H groups in total. The quantitative estimate of drug-likeness (QED) is 0.691. The van der Waals surface area contributed by atoms with Crippen molar-refractivity contribution < 1.29 is 9.90 Å². The van der Waals surface area contributed by atoms with E-state index in [9.17, 15) is 9.90 Å². The molecule has 1 atom stereocenters. The number of phenols is 1. The van der Waals surface area contributed by atoms with Crippen LogP contribution in [0.3, 0.4) is 0 Å². The minimum atomic E-state index is 0.0747. The summed E-state index contributed by atoms with van der Waals surface area (Å²) in [6.07, 6.45) is 7.38. The van der Waals surface area contributed by atoms with E-state index in [4.69, 9.17) is 0 Å². The molecule has 7 heteroatoms. The van der Waals surface area contributed by atoms with Crippen LogP contribution in [0.15, 0.2) is 42.0 Å². The highest BCUT2D eigenvalue weighted by Crippen LogP contribution is 2.43. The molecule has 0 saturated carbocycles. The third-order valence-corrected chi connectivity index (χ3v) is 7.51. The Kier molecular flexibility index (Phi) is 5.06. The fraction of sp³-hybridized carbons (Fsp3) is 0.435. The van der Waals surface area contributed by atoms with Crippen LogP contribution >= 0.6 is 11.3 Å². The number of anilines is 1. The summed E-state index contributed by atoms with van der Waals surface area (Å²) >= 11 is 1.71. The van der Waals surface area contributed by atoms with Gasteiger partial charge in [0.05, 0.1) is 16.6 Å². The predicted octanol–water partition coefficient (Wildman–Crippen LogP) is 3.99. The number of aromatic nitrogens is 2. The molecule has 1 amide bonds. The van der Waals surface area contributed by atoms with Gasteiger partial charge in [-0.25, -0.2) is 9.97 Å². The maximum Gasteiger partial charge on any atom is 0.226 e. The zero-order valence-electron chi connectivity index (χ0n) is 17.0. The summed E-state index contributed by atoms with van der Waals surface area (Å²) in [5.41, 5.74) is 1.96. The number of fused-ring (bicyclic) bond motifs is 1. The second kappa shape index (κ2) is 7.87. The van der Waals surface area contributed by atoms with Crippen LogP contribution < -0.4 is 4.90 Å². The first-order valence-electron chi connectivity index (χ1n) is 10.7. The summed E-state index contributed by atoms with van der Waals surface area (Å²) < 4.78 is 1.17. The first-order valence-corrected chi connectivity index (χ1v) is 11.5. The van der Waals surface area contributed by atoms with Gasteiger partial charge >= 0.3 is 0 Å². The van der Waals surface area contributed by atoms with Gasteiger partial charge in [-0.15, -0.1) is 11.3 Å². The number of amides is 1. The van der Waals surface area contributed by atoms with Gasteiger partial charge in [-0.2, -0.15) is 0 Å². The number of aromatic hydroxyl groups is 1. The lowest BCUT2D eigenvalue weighted by Crippen LogP contribution is -2.45.